The lowest BCUT2D eigenvalue weighted by Crippen LogP contribution is -2.40. The van der Waals surface area contributed by atoms with Crippen molar-refractivity contribution in [3.05, 3.63) is 24.0 Å². The summed E-state index contributed by atoms with van der Waals surface area (Å²) in [6.07, 6.45) is 0.726. The molecule has 1 aromatic rings. The van der Waals surface area contributed by atoms with E-state index in [1.807, 2.05) is 13.8 Å². The molecule has 1 amide bonds. The van der Waals surface area contributed by atoms with Gasteiger partial charge in [0.2, 0.25) is 5.91 Å². The maximum Gasteiger partial charge on any atom is 0.387 e. The summed E-state index contributed by atoms with van der Waals surface area (Å²) in [5, 5.41) is 2.43. The summed E-state index contributed by atoms with van der Waals surface area (Å²) in [7, 11) is 0. The second-order valence-corrected chi connectivity index (χ2v) is 4.42. The van der Waals surface area contributed by atoms with Crippen LogP contribution in [-0.2, 0) is 4.79 Å². The molecular weight excluding hydrogens is 273 g/mol. The van der Waals surface area contributed by atoms with Crippen molar-refractivity contribution in [2.24, 2.45) is 11.7 Å². The van der Waals surface area contributed by atoms with Gasteiger partial charge in [0, 0.05) is 11.8 Å². The summed E-state index contributed by atoms with van der Waals surface area (Å²) in [4.78, 5) is 11.8. The predicted octanol–water partition coefficient (Wildman–Crippen LogP) is 2.74. The van der Waals surface area contributed by atoms with E-state index in [4.69, 9.17) is 5.73 Å². The largest absolute Gasteiger partial charge is 0.432 e. The lowest BCUT2D eigenvalue weighted by Gasteiger charge is -2.18. The van der Waals surface area contributed by atoms with Crippen LogP contribution >= 0.6 is 0 Å². The van der Waals surface area contributed by atoms with E-state index in [9.17, 15) is 18.0 Å². The highest BCUT2D eigenvalue weighted by Gasteiger charge is 2.20. The molecule has 20 heavy (non-hydrogen) atoms. The molecule has 0 aromatic heterocycles. The highest BCUT2D eigenvalue weighted by atomic mass is 19.3. The van der Waals surface area contributed by atoms with Crippen molar-refractivity contribution in [3.8, 4) is 5.75 Å². The van der Waals surface area contributed by atoms with Crippen LogP contribution < -0.4 is 15.8 Å². The first-order valence-electron chi connectivity index (χ1n) is 6.16. The number of nitrogens with two attached hydrogens (primary N) is 1. The van der Waals surface area contributed by atoms with Gasteiger partial charge in [0.05, 0.1) is 6.04 Å². The number of nitrogens with one attached hydrogen (secondary N) is 1. The average molecular weight is 290 g/mol. The highest BCUT2D eigenvalue weighted by molar-refractivity contribution is 5.94. The number of halogens is 3. The minimum atomic E-state index is -3.11. The van der Waals surface area contributed by atoms with Gasteiger partial charge < -0.3 is 15.8 Å². The molecule has 4 nitrogen and oxygen atoms in total. The summed E-state index contributed by atoms with van der Waals surface area (Å²) in [6, 6.07) is 2.47. The smallest absolute Gasteiger partial charge is 0.387 e. The molecule has 0 aliphatic rings. The molecule has 0 bridgehead atoms. The second kappa shape index (κ2) is 7.14. The average Bonchev–Trinajstić information content (AvgIpc) is 2.39. The highest BCUT2D eigenvalue weighted by Crippen LogP contribution is 2.23. The summed E-state index contributed by atoms with van der Waals surface area (Å²) in [5.74, 6) is -2.05. The molecular formula is C13H17F3N2O2. The number of rotatable bonds is 6. The zero-order valence-electron chi connectivity index (χ0n) is 11.2. The molecule has 1 rings (SSSR count). The van der Waals surface area contributed by atoms with Crippen LogP contribution in [0, 0.1) is 11.7 Å². The molecule has 0 aliphatic carbocycles. The summed E-state index contributed by atoms with van der Waals surface area (Å²) in [5.41, 5.74) is 5.86. The van der Waals surface area contributed by atoms with Crippen molar-refractivity contribution in [3.63, 3.8) is 0 Å². The third-order valence-electron chi connectivity index (χ3n) is 2.98. The quantitative estimate of drug-likeness (QED) is 0.846. The number of alkyl halides is 2. The van der Waals surface area contributed by atoms with E-state index in [-0.39, 0.29) is 11.6 Å². The zero-order valence-corrected chi connectivity index (χ0v) is 11.2. The van der Waals surface area contributed by atoms with Gasteiger partial charge in [0.1, 0.15) is 0 Å². The maximum absolute atomic E-state index is 13.4. The zero-order chi connectivity index (χ0) is 15.3. The Kier molecular flexibility index (Phi) is 5.82. The van der Waals surface area contributed by atoms with Gasteiger partial charge in [0.25, 0.3) is 0 Å². The van der Waals surface area contributed by atoms with Crippen molar-refractivity contribution in [1.82, 2.24) is 0 Å². The topological polar surface area (TPSA) is 64.4 Å². The summed E-state index contributed by atoms with van der Waals surface area (Å²) < 4.78 is 41.3. The molecule has 2 atom stereocenters. The van der Waals surface area contributed by atoms with Gasteiger partial charge in [-0.3, -0.25) is 4.79 Å². The Morgan fingerprint density at radius 2 is 2.10 bits per heavy atom. The molecule has 2 unspecified atom stereocenters. The van der Waals surface area contributed by atoms with E-state index < -0.39 is 30.1 Å². The number of benzene rings is 1. The molecule has 0 aliphatic heterocycles. The normalized spacial score (nSPS) is 13.9. The van der Waals surface area contributed by atoms with Gasteiger partial charge in [-0.2, -0.15) is 8.78 Å². The van der Waals surface area contributed by atoms with Crippen LogP contribution in [0.4, 0.5) is 18.9 Å². The number of anilines is 1. The predicted molar refractivity (Wildman–Crippen MR) is 69.1 cm³/mol. The van der Waals surface area contributed by atoms with E-state index in [1.54, 1.807) is 0 Å². The standard InChI is InChI=1S/C13H17F3N2O2/c1-3-7(2)11(17)12(19)18-8-4-5-10(9(14)6-8)20-13(15)16/h4-7,11,13H,3,17H2,1-2H3,(H,18,19). The molecule has 0 spiro atoms. The number of hydrogen-bond donors (Lipinski definition) is 2. The van der Waals surface area contributed by atoms with Crippen molar-refractivity contribution in [2.75, 3.05) is 5.32 Å². The van der Waals surface area contributed by atoms with Crippen molar-refractivity contribution in [2.45, 2.75) is 32.9 Å². The van der Waals surface area contributed by atoms with E-state index in [2.05, 4.69) is 10.1 Å². The van der Waals surface area contributed by atoms with E-state index in [0.717, 1.165) is 18.6 Å². The van der Waals surface area contributed by atoms with Crippen LogP contribution in [0.15, 0.2) is 18.2 Å². The molecule has 112 valence electrons. The maximum atomic E-state index is 13.4. The number of amides is 1. The van der Waals surface area contributed by atoms with Gasteiger partial charge in [-0.05, 0) is 18.1 Å². The Labute approximate surface area is 115 Å². The Hall–Kier alpha value is -1.76. The number of hydrogen-bond acceptors (Lipinski definition) is 3. The molecule has 1 aromatic carbocycles. The van der Waals surface area contributed by atoms with Gasteiger partial charge >= 0.3 is 6.61 Å². The summed E-state index contributed by atoms with van der Waals surface area (Å²) in [6.45, 7) is 0.613. The Bertz CT molecular complexity index is 469. The number of ether oxygens (including phenoxy) is 1. The Balaban J connectivity index is 2.74. The van der Waals surface area contributed by atoms with Gasteiger partial charge in [-0.25, -0.2) is 4.39 Å². The van der Waals surface area contributed by atoms with Crippen molar-refractivity contribution >= 4 is 11.6 Å². The number of carbonyl (C=O) groups is 1. The monoisotopic (exact) mass is 290 g/mol. The van der Waals surface area contributed by atoms with Crippen LogP contribution in [0.3, 0.4) is 0 Å². The second-order valence-electron chi connectivity index (χ2n) is 4.42. The lowest BCUT2D eigenvalue weighted by atomic mass is 9.99. The minimum absolute atomic E-state index is 0.0266. The fourth-order valence-electron chi connectivity index (χ4n) is 1.51. The van der Waals surface area contributed by atoms with Gasteiger partial charge in [-0.15, -0.1) is 0 Å². The fraction of sp³-hybridized carbons (Fsp3) is 0.462. The van der Waals surface area contributed by atoms with Crippen LogP contribution in [0.25, 0.3) is 0 Å². The molecule has 0 saturated carbocycles. The first-order valence-corrected chi connectivity index (χ1v) is 6.16. The van der Waals surface area contributed by atoms with E-state index >= 15 is 0 Å². The molecule has 0 fully saturated rings. The Morgan fingerprint density at radius 3 is 2.60 bits per heavy atom. The van der Waals surface area contributed by atoms with Crippen LogP contribution in [-0.4, -0.2) is 18.6 Å². The van der Waals surface area contributed by atoms with Gasteiger partial charge in [0.15, 0.2) is 11.6 Å². The third kappa shape index (κ3) is 4.41. The van der Waals surface area contributed by atoms with E-state index in [1.165, 1.54) is 6.07 Å². The van der Waals surface area contributed by atoms with Crippen LogP contribution in [0.1, 0.15) is 20.3 Å². The molecule has 3 N–H and O–H groups in total. The molecule has 0 heterocycles. The lowest BCUT2D eigenvalue weighted by molar-refractivity contribution is -0.118. The van der Waals surface area contributed by atoms with Gasteiger partial charge in [-0.1, -0.05) is 20.3 Å². The minimum Gasteiger partial charge on any atom is -0.432 e. The van der Waals surface area contributed by atoms with Crippen molar-refractivity contribution in [1.29, 1.82) is 0 Å². The van der Waals surface area contributed by atoms with E-state index in [0.29, 0.717) is 0 Å². The fourth-order valence-corrected chi connectivity index (χ4v) is 1.51. The SMILES string of the molecule is CCC(C)C(N)C(=O)Nc1ccc(OC(F)F)c(F)c1. The number of carbonyl (C=O) groups excluding carboxylic acids is 1. The van der Waals surface area contributed by atoms with Crippen LogP contribution in [0.5, 0.6) is 5.75 Å². The Morgan fingerprint density at radius 1 is 1.45 bits per heavy atom. The summed E-state index contributed by atoms with van der Waals surface area (Å²) >= 11 is 0. The first-order chi connectivity index (χ1) is 9.35. The molecule has 0 radical (unpaired) electrons. The third-order valence-corrected chi connectivity index (χ3v) is 2.98. The van der Waals surface area contributed by atoms with Crippen LogP contribution in [0.2, 0.25) is 0 Å². The molecule has 0 saturated heterocycles. The van der Waals surface area contributed by atoms with Crippen molar-refractivity contribution < 1.29 is 22.7 Å². The first kappa shape index (κ1) is 16.3. The molecule has 7 heteroatoms.